The molecule has 5 heteroatoms. The van der Waals surface area contributed by atoms with E-state index in [1.54, 1.807) is 12.1 Å². The molecule has 2 aromatic rings. The van der Waals surface area contributed by atoms with Gasteiger partial charge in [-0.2, -0.15) is 0 Å². The molecular formula is C12H11FN2OS. The van der Waals surface area contributed by atoms with Crippen LogP contribution < -0.4 is 5.32 Å². The van der Waals surface area contributed by atoms with E-state index >= 15 is 0 Å². The average Bonchev–Trinajstić information content (AvgIpc) is 2.79. The number of hydrogen-bond donors (Lipinski definition) is 1. The summed E-state index contributed by atoms with van der Waals surface area (Å²) < 4.78 is 12.8. The van der Waals surface area contributed by atoms with Crippen LogP contribution in [-0.2, 0) is 11.2 Å². The van der Waals surface area contributed by atoms with Crippen molar-refractivity contribution in [1.82, 2.24) is 10.3 Å². The fraction of sp³-hybridized carbons (Fsp3) is 0.167. The summed E-state index contributed by atoms with van der Waals surface area (Å²) in [6.07, 6.45) is 1.39. The van der Waals surface area contributed by atoms with Gasteiger partial charge in [-0.25, -0.2) is 9.37 Å². The number of carbonyl (C=O) groups is 1. The average molecular weight is 250 g/mol. The van der Waals surface area contributed by atoms with E-state index in [1.807, 2.05) is 5.38 Å². The SMILES string of the molecule is O=CNCCc1nc(-c2ccc(F)cc2)cs1. The number of aromatic nitrogens is 1. The Morgan fingerprint density at radius 1 is 1.35 bits per heavy atom. The first kappa shape index (κ1) is 11.7. The highest BCUT2D eigenvalue weighted by Gasteiger charge is 2.04. The molecule has 88 valence electrons. The maximum atomic E-state index is 12.8. The van der Waals surface area contributed by atoms with E-state index in [2.05, 4.69) is 10.3 Å². The predicted molar refractivity (Wildman–Crippen MR) is 65.3 cm³/mol. The van der Waals surface area contributed by atoms with E-state index in [0.717, 1.165) is 16.3 Å². The van der Waals surface area contributed by atoms with Crippen molar-refractivity contribution in [2.45, 2.75) is 6.42 Å². The molecule has 3 nitrogen and oxygen atoms in total. The van der Waals surface area contributed by atoms with Crippen LogP contribution in [0.3, 0.4) is 0 Å². The molecule has 1 N–H and O–H groups in total. The number of amides is 1. The first-order valence-electron chi connectivity index (χ1n) is 5.17. The van der Waals surface area contributed by atoms with Crippen molar-refractivity contribution in [3.63, 3.8) is 0 Å². The molecule has 0 bridgehead atoms. The predicted octanol–water partition coefficient (Wildman–Crippen LogP) is 2.24. The summed E-state index contributed by atoms with van der Waals surface area (Å²) in [7, 11) is 0. The lowest BCUT2D eigenvalue weighted by Crippen LogP contribution is -2.14. The Morgan fingerprint density at radius 2 is 2.12 bits per heavy atom. The number of nitrogens with one attached hydrogen (secondary N) is 1. The Morgan fingerprint density at radius 3 is 2.82 bits per heavy atom. The molecule has 2 rings (SSSR count). The lowest BCUT2D eigenvalue weighted by molar-refractivity contribution is -0.109. The van der Waals surface area contributed by atoms with Gasteiger partial charge < -0.3 is 5.32 Å². The van der Waals surface area contributed by atoms with Crippen LogP contribution in [0.1, 0.15) is 5.01 Å². The Kier molecular flexibility index (Phi) is 3.82. The molecule has 0 atom stereocenters. The number of thiazole rings is 1. The molecule has 1 aromatic carbocycles. The molecule has 17 heavy (non-hydrogen) atoms. The lowest BCUT2D eigenvalue weighted by atomic mass is 10.2. The zero-order valence-electron chi connectivity index (χ0n) is 9.02. The third-order valence-electron chi connectivity index (χ3n) is 2.26. The number of rotatable bonds is 5. The highest BCUT2D eigenvalue weighted by Crippen LogP contribution is 2.22. The second kappa shape index (κ2) is 5.54. The molecule has 0 unspecified atom stereocenters. The van der Waals surface area contributed by atoms with Crippen LogP contribution in [0.25, 0.3) is 11.3 Å². The number of carbonyl (C=O) groups excluding carboxylic acids is 1. The van der Waals surface area contributed by atoms with E-state index in [4.69, 9.17) is 0 Å². The van der Waals surface area contributed by atoms with Gasteiger partial charge in [-0.3, -0.25) is 4.79 Å². The maximum Gasteiger partial charge on any atom is 0.207 e. The second-order valence-corrected chi connectivity index (χ2v) is 4.40. The van der Waals surface area contributed by atoms with Crippen LogP contribution in [0.5, 0.6) is 0 Å². The second-order valence-electron chi connectivity index (χ2n) is 3.46. The molecule has 0 fully saturated rings. The number of hydrogen-bond acceptors (Lipinski definition) is 3. The monoisotopic (exact) mass is 250 g/mol. The standard InChI is InChI=1S/C12H11FN2OS/c13-10-3-1-9(2-4-10)11-7-17-12(15-11)5-6-14-8-16/h1-4,7-8H,5-6H2,(H,14,16). The van der Waals surface area contributed by atoms with Crippen LogP contribution in [0.15, 0.2) is 29.6 Å². The summed E-state index contributed by atoms with van der Waals surface area (Å²) in [6.45, 7) is 0.583. The van der Waals surface area contributed by atoms with Crippen LogP contribution in [-0.4, -0.2) is 17.9 Å². The zero-order chi connectivity index (χ0) is 12.1. The molecular weight excluding hydrogens is 239 g/mol. The minimum atomic E-state index is -0.251. The first-order valence-corrected chi connectivity index (χ1v) is 6.05. The highest BCUT2D eigenvalue weighted by molar-refractivity contribution is 7.09. The molecule has 0 aliphatic carbocycles. The van der Waals surface area contributed by atoms with E-state index in [9.17, 15) is 9.18 Å². The topological polar surface area (TPSA) is 42.0 Å². The summed E-state index contributed by atoms with van der Waals surface area (Å²) in [6, 6.07) is 6.25. The van der Waals surface area contributed by atoms with Crippen molar-refractivity contribution in [2.75, 3.05) is 6.54 Å². The summed E-state index contributed by atoms with van der Waals surface area (Å²) in [5.74, 6) is -0.251. The number of halogens is 1. The summed E-state index contributed by atoms with van der Waals surface area (Å²) in [5.41, 5.74) is 1.74. The van der Waals surface area contributed by atoms with Crippen molar-refractivity contribution in [2.24, 2.45) is 0 Å². The van der Waals surface area contributed by atoms with Crippen LogP contribution in [0.2, 0.25) is 0 Å². The Hall–Kier alpha value is -1.75. The van der Waals surface area contributed by atoms with Gasteiger partial charge in [0.05, 0.1) is 10.7 Å². The van der Waals surface area contributed by atoms with Crippen LogP contribution in [0, 0.1) is 5.82 Å². The minimum Gasteiger partial charge on any atom is -0.358 e. The smallest absolute Gasteiger partial charge is 0.207 e. The molecule has 0 saturated carbocycles. The minimum absolute atomic E-state index is 0.251. The fourth-order valence-corrected chi connectivity index (χ4v) is 2.22. The van der Waals surface area contributed by atoms with Crippen molar-refractivity contribution in [3.8, 4) is 11.3 Å². The van der Waals surface area contributed by atoms with Gasteiger partial charge in [-0.05, 0) is 24.3 Å². The van der Waals surface area contributed by atoms with E-state index in [1.165, 1.54) is 23.5 Å². The molecule has 0 radical (unpaired) electrons. The van der Waals surface area contributed by atoms with Gasteiger partial charge in [0.25, 0.3) is 0 Å². The van der Waals surface area contributed by atoms with E-state index < -0.39 is 0 Å². The van der Waals surface area contributed by atoms with E-state index in [0.29, 0.717) is 19.4 Å². The van der Waals surface area contributed by atoms with Crippen LogP contribution in [0.4, 0.5) is 4.39 Å². The van der Waals surface area contributed by atoms with Gasteiger partial charge >= 0.3 is 0 Å². The van der Waals surface area contributed by atoms with Crippen molar-refractivity contribution >= 4 is 17.7 Å². The normalized spacial score (nSPS) is 10.2. The quantitative estimate of drug-likeness (QED) is 0.653. The molecule has 1 heterocycles. The summed E-state index contributed by atoms with van der Waals surface area (Å²) >= 11 is 1.54. The van der Waals surface area contributed by atoms with Gasteiger partial charge in [0, 0.05) is 23.9 Å². The maximum absolute atomic E-state index is 12.8. The third-order valence-corrected chi connectivity index (χ3v) is 3.17. The van der Waals surface area contributed by atoms with Gasteiger partial charge in [0.2, 0.25) is 6.41 Å². The summed E-state index contributed by atoms with van der Waals surface area (Å²) in [4.78, 5) is 14.5. The van der Waals surface area contributed by atoms with E-state index in [-0.39, 0.29) is 5.82 Å². The van der Waals surface area contributed by atoms with Crippen molar-refractivity contribution < 1.29 is 9.18 Å². The van der Waals surface area contributed by atoms with Gasteiger partial charge in [-0.1, -0.05) is 0 Å². The molecule has 1 amide bonds. The Bertz CT molecular complexity index is 495. The van der Waals surface area contributed by atoms with Gasteiger partial charge in [0.15, 0.2) is 0 Å². The van der Waals surface area contributed by atoms with Crippen LogP contribution >= 0.6 is 11.3 Å². The molecule has 1 aromatic heterocycles. The molecule has 0 aliphatic heterocycles. The molecule has 0 spiro atoms. The number of benzene rings is 1. The van der Waals surface area contributed by atoms with Crippen molar-refractivity contribution in [3.05, 3.63) is 40.5 Å². The largest absolute Gasteiger partial charge is 0.358 e. The van der Waals surface area contributed by atoms with Crippen molar-refractivity contribution in [1.29, 1.82) is 0 Å². The van der Waals surface area contributed by atoms with Gasteiger partial charge in [-0.15, -0.1) is 11.3 Å². The zero-order valence-corrected chi connectivity index (χ0v) is 9.84. The summed E-state index contributed by atoms with van der Waals surface area (Å²) in [5, 5.41) is 5.48. The molecule has 0 saturated heterocycles. The fourth-order valence-electron chi connectivity index (χ4n) is 1.42. The van der Waals surface area contributed by atoms with Gasteiger partial charge in [0.1, 0.15) is 5.82 Å². The Balaban J connectivity index is 2.07. The lowest BCUT2D eigenvalue weighted by Gasteiger charge is -1.96. The highest BCUT2D eigenvalue weighted by atomic mass is 32.1. The first-order chi connectivity index (χ1) is 8.29. The number of nitrogens with zero attached hydrogens (tertiary/aromatic N) is 1. The Labute approximate surface area is 102 Å². The third kappa shape index (κ3) is 3.10. The molecule has 0 aliphatic rings.